The number of methoxy groups -OCH3 is 3. The standard InChI is InChI=1S/C18H21NO7/c1-8-12(17(20)21)14(13(18(22)23)9(2)19-8)10-6-7-11(24-3)16(26-5)15(10)25-4/h6-7,14,19H,1-5H3,(H,20,21)(H,22,23). The van der Waals surface area contributed by atoms with Gasteiger partial charge in [-0.1, -0.05) is 6.07 Å². The predicted molar refractivity (Wildman–Crippen MR) is 92.6 cm³/mol. The van der Waals surface area contributed by atoms with Crippen LogP contribution in [0.4, 0.5) is 0 Å². The highest BCUT2D eigenvalue weighted by Crippen LogP contribution is 2.48. The number of allylic oxidation sites excluding steroid dienone is 2. The molecule has 8 heteroatoms. The molecule has 1 aliphatic rings. The van der Waals surface area contributed by atoms with E-state index >= 15 is 0 Å². The fourth-order valence-corrected chi connectivity index (χ4v) is 3.22. The molecule has 1 aromatic carbocycles. The molecule has 1 aromatic rings. The van der Waals surface area contributed by atoms with Crippen LogP contribution in [0.2, 0.25) is 0 Å². The van der Waals surface area contributed by atoms with E-state index in [1.54, 1.807) is 26.0 Å². The molecule has 0 aliphatic carbocycles. The van der Waals surface area contributed by atoms with E-state index in [2.05, 4.69) is 5.32 Å². The quantitative estimate of drug-likeness (QED) is 0.704. The predicted octanol–water partition coefficient (Wildman–Crippen LogP) is 2.12. The van der Waals surface area contributed by atoms with Crippen LogP contribution in [-0.2, 0) is 9.59 Å². The summed E-state index contributed by atoms with van der Waals surface area (Å²) >= 11 is 0. The first kappa shape index (κ1) is 19.2. The maximum Gasteiger partial charge on any atom is 0.334 e. The third-order valence-electron chi connectivity index (χ3n) is 4.27. The largest absolute Gasteiger partial charge is 0.493 e. The molecule has 0 unspecified atom stereocenters. The van der Waals surface area contributed by atoms with Gasteiger partial charge in [0.1, 0.15) is 0 Å². The van der Waals surface area contributed by atoms with Crippen LogP contribution in [0.3, 0.4) is 0 Å². The van der Waals surface area contributed by atoms with E-state index in [1.807, 2.05) is 0 Å². The van der Waals surface area contributed by atoms with Gasteiger partial charge in [0.15, 0.2) is 11.5 Å². The van der Waals surface area contributed by atoms with Crippen molar-refractivity contribution in [1.29, 1.82) is 0 Å². The Kier molecular flexibility index (Phi) is 5.44. The maximum absolute atomic E-state index is 11.9. The van der Waals surface area contributed by atoms with Gasteiger partial charge in [-0.2, -0.15) is 0 Å². The van der Waals surface area contributed by atoms with Gasteiger partial charge in [-0.25, -0.2) is 9.59 Å². The highest BCUT2D eigenvalue weighted by molar-refractivity contribution is 5.98. The maximum atomic E-state index is 11.9. The molecule has 3 N–H and O–H groups in total. The number of carbonyl (C=O) groups is 2. The SMILES string of the molecule is COc1ccc(C2C(C(=O)O)=C(C)NC(C)=C2C(=O)O)c(OC)c1OC. The van der Waals surface area contributed by atoms with Crippen LogP contribution in [0, 0.1) is 0 Å². The average Bonchev–Trinajstić information content (AvgIpc) is 2.58. The fourth-order valence-electron chi connectivity index (χ4n) is 3.22. The normalized spacial score (nSPS) is 14.8. The molecule has 0 radical (unpaired) electrons. The van der Waals surface area contributed by atoms with Gasteiger partial charge in [0.2, 0.25) is 5.75 Å². The Morgan fingerprint density at radius 3 is 1.77 bits per heavy atom. The highest BCUT2D eigenvalue weighted by Gasteiger charge is 2.39. The first-order chi connectivity index (χ1) is 12.3. The van der Waals surface area contributed by atoms with Crippen molar-refractivity contribution >= 4 is 11.9 Å². The van der Waals surface area contributed by atoms with Crippen LogP contribution < -0.4 is 19.5 Å². The minimum atomic E-state index is -1.22. The summed E-state index contributed by atoms with van der Waals surface area (Å²) in [6.07, 6.45) is 0. The minimum absolute atomic E-state index is 0.0708. The molecule has 26 heavy (non-hydrogen) atoms. The molecule has 0 fully saturated rings. The van der Waals surface area contributed by atoms with Crippen molar-refractivity contribution in [3.8, 4) is 17.2 Å². The van der Waals surface area contributed by atoms with Gasteiger partial charge < -0.3 is 29.7 Å². The molecule has 1 aliphatic heterocycles. The molecule has 8 nitrogen and oxygen atoms in total. The van der Waals surface area contributed by atoms with Crippen LogP contribution >= 0.6 is 0 Å². The van der Waals surface area contributed by atoms with E-state index in [1.165, 1.54) is 21.3 Å². The number of benzene rings is 1. The summed E-state index contributed by atoms with van der Waals surface area (Å²) in [5.74, 6) is -2.61. The number of aliphatic carboxylic acids is 2. The third kappa shape index (κ3) is 3.05. The number of rotatable bonds is 6. The van der Waals surface area contributed by atoms with Gasteiger partial charge in [-0.05, 0) is 19.9 Å². The Morgan fingerprint density at radius 2 is 1.38 bits per heavy atom. The number of dihydropyridines is 1. The van der Waals surface area contributed by atoms with Gasteiger partial charge in [0, 0.05) is 17.0 Å². The second kappa shape index (κ2) is 7.38. The lowest BCUT2D eigenvalue weighted by Gasteiger charge is -2.30. The van der Waals surface area contributed by atoms with Gasteiger partial charge in [0.25, 0.3) is 0 Å². The molecule has 0 amide bonds. The molecule has 0 bridgehead atoms. The number of ether oxygens (including phenoxy) is 3. The van der Waals surface area contributed by atoms with Gasteiger partial charge in [-0.15, -0.1) is 0 Å². The molecular weight excluding hydrogens is 342 g/mol. The fraction of sp³-hybridized carbons (Fsp3) is 0.333. The van der Waals surface area contributed by atoms with E-state index in [9.17, 15) is 19.8 Å². The van der Waals surface area contributed by atoms with Crippen LogP contribution in [0.1, 0.15) is 25.3 Å². The van der Waals surface area contributed by atoms with Crippen molar-refractivity contribution in [1.82, 2.24) is 5.32 Å². The minimum Gasteiger partial charge on any atom is -0.493 e. The van der Waals surface area contributed by atoms with Crippen molar-refractivity contribution in [2.24, 2.45) is 0 Å². The zero-order chi connectivity index (χ0) is 19.6. The first-order valence-corrected chi connectivity index (χ1v) is 7.72. The Balaban J connectivity index is 2.86. The summed E-state index contributed by atoms with van der Waals surface area (Å²) < 4.78 is 16.0. The number of carboxylic acids is 2. The number of hydrogen-bond acceptors (Lipinski definition) is 6. The van der Waals surface area contributed by atoms with E-state index in [-0.39, 0.29) is 22.6 Å². The number of hydrogen-bond donors (Lipinski definition) is 3. The molecule has 0 saturated heterocycles. The third-order valence-corrected chi connectivity index (χ3v) is 4.27. The van der Waals surface area contributed by atoms with E-state index in [4.69, 9.17) is 14.2 Å². The lowest BCUT2D eigenvalue weighted by atomic mass is 9.80. The Morgan fingerprint density at radius 1 is 0.885 bits per heavy atom. The summed E-state index contributed by atoms with van der Waals surface area (Å²) in [7, 11) is 4.28. The monoisotopic (exact) mass is 363 g/mol. The number of nitrogens with one attached hydrogen (secondary N) is 1. The zero-order valence-electron chi connectivity index (χ0n) is 15.2. The second-order valence-corrected chi connectivity index (χ2v) is 5.67. The molecule has 0 spiro atoms. The lowest BCUT2D eigenvalue weighted by molar-refractivity contribution is -0.133. The zero-order valence-corrected chi connectivity index (χ0v) is 15.2. The summed E-state index contributed by atoms with van der Waals surface area (Å²) in [6, 6.07) is 3.17. The smallest absolute Gasteiger partial charge is 0.334 e. The molecule has 0 aromatic heterocycles. The van der Waals surface area contributed by atoms with Gasteiger partial charge >= 0.3 is 11.9 Å². The van der Waals surface area contributed by atoms with E-state index in [0.29, 0.717) is 22.7 Å². The van der Waals surface area contributed by atoms with Gasteiger partial charge in [0.05, 0.1) is 38.4 Å². The second-order valence-electron chi connectivity index (χ2n) is 5.67. The molecular formula is C18H21NO7. The van der Waals surface area contributed by atoms with Crippen LogP contribution in [-0.4, -0.2) is 43.5 Å². The molecule has 140 valence electrons. The van der Waals surface area contributed by atoms with Crippen molar-refractivity contribution in [2.75, 3.05) is 21.3 Å². The lowest BCUT2D eigenvalue weighted by Crippen LogP contribution is -2.31. The summed E-state index contributed by atoms with van der Waals surface area (Å²) in [5.41, 5.74) is 0.945. The average molecular weight is 363 g/mol. The Labute approximate surface area is 150 Å². The molecule has 0 saturated carbocycles. The Bertz CT molecular complexity index is 787. The summed E-state index contributed by atoms with van der Waals surface area (Å²) in [4.78, 5) is 23.8. The molecule has 1 heterocycles. The molecule has 2 rings (SSSR count). The van der Waals surface area contributed by atoms with Crippen LogP contribution in [0.15, 0.2) is 34.7 Å². The summed E-state index contributed by atoms with van der Waals surface area (Å²) in [6.45, 7) is 3.18. The number of carboxylic acid groups (broad SMARTS) is 2. The van der Waals surface area contributed by atoms with Gasteiger partial charge in [-0.3, -0.25) is 0 Å². The highest BCUT2D eigenvalue weighted by atomic mass is 16.5. The Hall–Kier alpha value is -3.16. The van der Waals surface area contributed by atoms with Crippen molar-refractivity contribution < 1.29 is 34.0 Å². The van der Waals surface area contributed by atoms with Crippen molar-refractivity contribution in [2.45, 2.75) is 19.8 Å². The van der Waals surface area contributed by atoms with Crippen LogP contribution in [0.5, 0.6) is 17.2 Å². The summed E-state index contributed by atoms with van der Waals surface area (Å²) in [5, 5.41) is 22.2. The topological polar surface area (TPSA) is 114 Å². The first-order valence-electron chi connectivity index (χ1n) is 7.72. The van der Waals surface area contributed by atoms with Crippen molar-refractivity contribution in [3.05, 3.63) is 40.2 Å². The van der Waals surface area contributed by atoms with E-state index < -0.39 is 17.9 Å². The van der Waals surface area contributed by atoms with E-state index in [0.717, 1.165) is 0 Å². The van der Waals surface area contributed by atoms with Crippen molar-refractivity contribution in [3.63, 3.8) is 0 Å². The van der Waals surface area contributed by atoms with Crippen LogP contribution in [0.25, 0.3) is 0 Å². The molecule has 0 atom stereocenters.